The van der Waals surface area contributed by atoms with Crippen molar-refractivity contribution in [2.45, 2.75) is 301 Å². The molecule has 1 saturated heterocycles. The highest BCUT2D eigenvalue weighted by molar-refractivity contribution is 5.80. The standard InChI is InChI=1S/C69H117NO10/c1-4-7-10-13-16-19-22-25-27-29-31-32-33-35-37-39-42-45-48-51-54-57-64(74)80-67-66(76)65(75)63(58-71)79-69(67)78-59-60(61(72)55-52-49-46-43-40-24-21-18-15-12-9-6-3)70-68(77)62(73)56-53-50-47-44-41-38-36-34-30-28-26-23-20-17-14-11-8-5-2/h8,11,16-17,19-20,25-28,31-32,34,36,41,44,52,55,60-63,65-67,69,71-73,75-76H,4-7,9-10,12-15,18,21-24,29-30,33,35,37-40,42-43,45-51,53-54,56-59H2,1-3H3,(H,70,77)/b11-8-,19-16-,20-17-,27-25-,28-26-,32-31-,36-34-,44-41-,55-52+. The fourth-order valence-electron chi connectivity index (χ4n) is 9.33. The van der Waals surface area contributed by atoms with Crippen molar-refractivity contribution < 1.29 is 49.3 Å². The molecule has 1 amide bonds. The Kier molecular flexibility index (Phi) is 51.9. The van der Waals surface area contributed by atoms with E-state index >= 15 is 0 Å². The molecule has 0 bridgehead atoms. The monoisotopic (exact) mass is 1120 g/mol. The summed E-state index contributed by atoms with van der Waals surface area (Å²) in [5.74, 6) is -1.24. The Morgan fingerprint density at radius 3 is 1.38 bits per heavy atom. The van der Waals surface area contributed by atoms with E-state index in [1.54, 1.807) is 6.08 Å². The first kappa shape index (κ1) is 74.3. The lowest BCUT2D eigenvalue weighted by Crippen LogP contribution is -2.61. The van der Waals surface area contributed by atoms with Crippen molar-refractivity contribution in [3.63, 3.8) is 0 Å². The first-order chi connectivity index (χ1) is 39.2. The molecule has 8 atom stereocenters. The number of unbranched alkanes of at least 4 members (excludes halogenated alkanes) is 23. The molecule has 1 heterocycles. The third-order valence-electron chi connectivity index (χ3n) is 14.4. The van der Waals surface area contributed by atoms with Crippen molar-refractivity contribution in [2.24, 2.45) is 0 Å². The second kappa shape index (κ2) is 55.8. The highest BCUT2D eigenvalue weighted by Gasteiger charge is 2.47. The zero-order valence-corrected chi connectivity index (χ0v) is 50.7. The lowest BCUT2D eigenvalue weighted by molar-refractivity contribution is -0.305. The molecule has 6 N–H and O–H groups in total. The van der Waals surface area contributed by atoms with E-state index < -0.39 is 67.4 Å². The van der Waals surface area contributed by atoms with E-state index in [1.165, 1.54) is 89.9 Å². The number of allylic oxidation sites excluding steroid dienone is 17. The van der Waals surface area contributed by atoms with Crippen LogP contribution in [0.1, 0.15) is 252 Å². The topological polar surface area (TPSA) is 175 Å². The summed E-state index contributed by atoms with van der Waals surface area (Å²) in [5.41, 5.74) is 0. The number of hydrogen-bond acceptors (Lipinski definition) is 10. The van der Waals surface area contributed by atoms with E-state index in [4.69, 9.17) is 14.2 Å². The van der Waals surface area contributed by atoms with Crippen LogP contribution in [-0.2, 0) is 23.8 Å². The van der Waals surface area contributed by atoms with Crippen LogP contribution in [0.4, 0.5) is 0 Å². The van der Waals surface area contributed by atoms with E-state index in [2.05, 4.69) is 123 Å². The summed E-state index contributed by atoms with van der Waals surface area (Å²) >= 11 is 0. The van der Waals surface area contributed by atoms with Crippen molar-refractivity contribution >= 4 is 11.9 Å². The normalized spacial score (nSPS) is 19.5. The van der Waals surface area contributed by atoms with Crippen LogP contribution in [0.2, 0.25) is 0 Å². The zero-order valence-electron chi connectivity index (χ0n) is 50.7. The molecule has 1 aliphatic rings. The highest BCUT2D eigenvalue weighted by Crippen LogP contribution is 2.26. The van der Waals surface area contributed by atoms with Gasteiger partial charge in [0, 0.05) is 6.42 Å². The smallest absolute Gasteiger partial charge is 0.306 e. The molecular formula is C69H117NO10. The van der Waals surface area contributed by atoms with Crippen molar-refractivity contribution in [3.05, 3.63) is 109 Å². The molecule has 0 saturated carbocycles. The van der Waals surface area contributed by atoms with Crippen molar-refractivity contribution in [1.29, 1.82) is 0 Å². The first-order valence-electron chi connectivity index (χ1n) is 32.2. The largest absolute Gasteiger partial charge is 0.454 e. The number of esters is 1. The van der Waals surface area contributed by atoms with E-state index in [-0.39, 0.29) is 19.4 Å². The fraction of sp³-hybridized carbons (Fsp3) is 0.710. The number of rotatable bonds is 53. The summed E-state index contributed by atoms with van der Waals surface area (Å²) in [5, 5.41) is 57.0. The van der Waals surface area contributed by atoms with Crippen molar-refractivity contribution in [3.8, 4) is 0 Å². The van der Waals surface area contributed by atoms with Gasteiger partial charge in [0.05, 0.1) is 25.4 Å². The predicted molar refractivity (Wildman–Crippen MR) is 333 cm³/mol. The van der Waals surface area contributed by atoms with E-state index in [1.807, 2.05) is 6.08 Å². The van der Waals surface area contributed by atoms with E-state index in [9.17, 15) is 35.1 Å². The van der Waals surface area contributed by atoms with Gasteiger partial charge in [-0.2, -0.15) is 0 Å². The maximum absolute atomic E-state index is 13.4. The van der Waals surface area contributed by atoms with Crippen LogP contribution in [0, 0.1) is 0 Å². The number of amides is 1. The van der Waals surface area contributed by atoms with Gasteiger partial charge < -0.3 is 45.1 Å². The molecule has 458 valence electrons. The summed E-state index contributed by atoms with van der Waals surface area (Å²) < 4.78 is 17.6. The second-order valence-corrected chi connectivity index (χ2v) is 21.8. The Labute approximate surface area is 488 Å². The molecule has 1 rings (SSSR count). The Balaban J connectivity index is 2.69. The quantitative estimate of drug-likeness (QED) is 0.0195. The highest BCUT2D eigenvalue weighted by atomic mass is 16.7. The van der Waals surface area contributed by atoms with Crippen LogP contribution >= 0.6 is 0 Å². The van der Waals surface area contributed by atoms with E-state index in [0.29, 0.717) is 12.8 Å². The van der Waals surface area contributed by atoms with Crippen LogP contribution in [0.3, 0.4) is 0 Å². The van der Waals surface area contributed by atoms with Crippen LogP contribution in [-0.4, -0.2) is 99.6 Å². The average molecular weight is 1120 g/mol. The molecule has 0 aromatic heterocycles. The van der Waals surface area contributed by atoms with Crippen LogP contribution < -0.4 is 5.32 Å². The summed E-state index contributed by atoms with van der Waals surface area (Å²) in [6, 6.07) is -1.05. The maximum Gasteiger partial charge on any atom is 0.306 e. The van der Waals surface area contributed by atoms with Gasteiger partial charge in [-0.15, -0.1) is 0 Å². The predicted octanol–water partition coefficient (Wildman–Crippen LogP) is 15.7. The molecule has 0 spiro atoms. The summed E-state index contributed by atoms with van der Waals surface area (Å²) in [4.78, 5) is 26.6. The van der Waals surface area contributed by atoms with Gasteiger partial charge in [0.25, 0.3) is 0 Å². The summed E-state index contributed by atoms with van der Waals surface area (Å²) in [6.45, 7) is 5.62. The molecule has 0 aromatic carbocycles. The molecule has 11 heteroatoms. The van der Waals surface area contributed by atoms with Gasteiger partial charge in [-0.05, 0) is 109 Å². The number of ether oxygens (including phenoxy) is 3. The summed E-state index contributed by atoms with van der Waals surface area (Å²) in [6.07, 6.45) is 65.5. The summed E-state index contributed by atoms with van der Waals surface area (Å²) in [7, 11) is 0. The van der Waals surface area contributed by atoms with Crippen molar-refractivity contribution in [2.75, 3.05) is 13.2 Å². The van der Waals surface area contributed by atoms with Gasteiger partial charge in [0.1, 0.15) is 24.4 Å². The average Bonchev–Trinajstić information content (AvgIpc) is 3.45. The number of nitrogens with one attached hydrogen (secondary N) is 1. The van der Waals surface area contributed by atoms with Gasteiger partial charge in [-0.1, -0.05) is 246 Å². The number of carbonyl (C=O) groups excluding carboxylic acids is 2. The number of aliphatic hydroxyl groups excluding tert-OH is 5. The number of aliphatic hydroxyl groups is 5. The van der Waals surface area contributed by atoms with Crippen LogP contribution in [0.15, 0.2) is 109 Å². The second-order valence-electron chi connectivity index (χ2n) is 21.8. The molecule has 1 aliphatic heterocycles. The van der Waals surface area contributed by atoms with E-state index in [0.717, 1.165) is 116 Å². The maximum atomic E-state index is 13.4. The van der Waals surface area contributed by atoms with Gasteiger partial charge in [-0.3, -0.25) is 9.59 Å². The Bertz CT molecular complexity index is 1710. The molecule has 8 unspecified atom stereocenters. The third-order valence-corrected chi connectivity index (χ3v) is 14.4. The minimum atomic E-state index is -1.63. The zero-order chi connectivity index (χ0) is 58.2. The SMILES string of the molecule is CC/C=C\C/C=C\C/C=C\C/C=C\C/C=C\CCCCC(O)C(=O)NC(COC1OC(CO)C(O)C(O)C1OC(=O)CCCCCCCCCC/C=C\C/C=C\C/C=C\CCCCC)C(O)/C=C/CCCCCCCCCCCC. The minimum Gasteiger partial charge on any atom is -0.454 e. The van der Waals surface area contributed by atoms with Gasteiger partial charge in [0.2, 0.25) is 5.91 Å². The molecular weight excluding hydrogens is 1000 g/mol. The Morgan fingerprint density at radius 2 is 0.900 bits per heavy atom. The number of hydrogen-bond donors (Lipinski definition) is 6. The molecule has 0 aromatic rings. The fourth-order valence-corrected chi connectivity index (χ4v) is 9.33. The third kappa shape index (κ3) is 43.1. The minimum absolute atomic E-state index is 0.105. The van der Waals surface area contributed by atoms with Crippen LogP contribution in [0.25, 0.3) is 0 Å². The Hall–Kier alpha value is -3.68. The molecule has 11 nitrogen and oxygen atoms in total. The lowest BCUT2D eigenvalue weighted by atomic mass is 9.99. The first-order valence-corrected chi connectivity index (χ1v) is 32.2. The molecule has 0 radical (unpaired) electrons. The van der Waals surface area contributed by atoms with Gasteiger partial charge >= 0.3 is 5.97 Å². The van der Waals surface area contributed by atoms with Gasteiger partial charge in [0.15, 0.2) is 12.4 Å². The Morgan fingerprint density at radius 1 is 0.500 bits per heavy atom. The molecule has 0 aliphatic carbocycles. The van der Waals surface area contributed by atoms with Crippen LogP contribution in [0.5, 0.6) is 0 Å². The lowest BCUT2D eigenvalue weighted by Gasteiger charge is -2.41. The van der Waals surface area contributed by atoms with Crippen molar-refractivity contribution in [1.82, 2.24) is 5.32 Å². The molecule has 1 fully saturated rings. The van der Waals surface area contributed by atoms with Gasteiger partial charge in [-0.25, -0.2) is 0 Å². The molecule has 80 heavy (non-hydrogen) atoms. The number of carbonyl (C=O) groups is 2.